The van der Waals surface area contributed by atoms with Crippen LogP contribution in [0.25, 0.3) is 0 Å². The van der Waals surface area contributed by atoms with E-state index in [4.69, 9.17) is 4.74 Å². The van der Waals surface area contributed by atoms with Crippen LogP contribution in [0, 0.1) is 17.3 Å². The van der Waals surface area contributed by atoms with Gasteiger partial charge in [0.15, 0.2) is 0 Å². The molecular weight excluding hydrogens is 421 g/mol. The number of ether oxygens (including phenoxy) is 1. The Hall–Kier alpha value is -1.21. The molecule has 1 N–H and O–H groups in total. The minimum absolute atomic E-state index is 0.163. The molecule has 2 aliphatic carbocycles. The average molecular weight is 464 g/mol. The Balaban J connectivity index is 1.22. The fourth-order valence-corrected chi connectivity index (χ4v) is 7.43. The largest absolute Gasteiger partial charge is 0.378 e. The van der Waals surface area contributed by atoms with Gasteiger partial charge in [-0.1, -0.05) is 33.1 Å². The molecule has 0 aromatic rings. The number of hydrogen-bond acceptors (Lipinski definition) is 4. The molecule has 2 bridgehead atoms. The summed E-state index contributed by atoms with van der Waals surface area (Å²) in [5.74, 6) is 1.07. The van der Waals surface area contributed by atoms with Crippen LogP contribution in [-0.2, 0) is 14.3 Å². The van der Waals surface area contributed by atoms with Crippen LogP contribution < -0.4 is 5.32 Å². The first-order valence-electron chi connectivity index (χ1n) is 13.5. The first kappa shape index (κ1) is 23.5. The van der Waals surface area contributed by atoms with Crippen LogP contribution in [0.1, 0.15) is 78.1 Å². The van der Waals surface area contributed by atoms with Crippen molar-refractivity contribution in [3.05, 3.63) is 0 Å². The lowest BCUT2D eigenvalue weighted by molar-refractivity contribution is -0.151. The number of alkyl halides is 1. The van der Waals surface area contributed by atoms with Crippen molar-refractivity contribution in [2.24, 2.45) is 17.3 Å². The van der Waals surface area contributed by atoms with E-state index in [-0.39, 0.29) is 53.9 Å². The molecule has 186 valence electrons. The van der Waals surface area contributed by atoms with E-state index >= 15 is 0 Å². The molecule has 0 spiro atoms. The normalized spacial score (nSPS) is 39.6. The molecule has 0 radical (unpaired) electrons. The molecule has 7 heteroatoms. The molecule has 33 heavy (non-hydrogen) atoms. The predicted octanol–water partition coefficient (Wildman–Crippen LogP) is 3.29. The number of amides is 2. The Morgan fingerprint density at radius 3 is 2.42 bits per heavy atom. The van der Waals surface area contributed by atoms with E-state index < -0.39 is 6.17 Å². The third kappa shape index (κ3) is 4.33. The molecule has 5 rings (SSSR count). The number of nitrogens with one attached hydrogen (secondary N) is 1. The highest BCUT2D eigenvalue weighted by molar-refractivity contribution is 5.85. The highest BCUT2D eigenvalue weighted by atomic mass is 19.1. The minimum atomic E-state index is -0.967. The first-order valence-corrected chi connectivity index (χ1v) is 13.5. The number of carbonyl (C=O) groups is 2. The van der Waals surface area contributed by atoms with Gasteiger partial charge in [0.25, 0.3) is 0 Å². The Morgan fingerprint density at radius 1 is 1.03 bits per heavy atom. The molecule has 5 aliphatic rings. The third-order valence-corrected chi connectivity index (χ3v) is 9.56. The van der Waals surface area contributed by atoms with E-state index in [2.05, 4.69) is 29.0 Å². The fraction of sp³-hybridized carbons (Fsp3) is 0.923. The van der Waals surface area contributed by atoms with Crippen LogP contribution in [0.15, 0.2) is 0 Å². The van der Waals surface area contributed by atoms with Gasteiger partial charge >= 0.3 is 0 Å². The maximum atomic E-state index is 14.3. The number of halogens is 1. The zero-order valence-corrected chi connectivity index (χ0v) is 20.4. The van der Waals surface area contributed by atoms with Crippen LogP contribution in [0.4, 0.5) is 4.39 Å². The van der Waals surface area contributed by atoms with Gasteiger partial charge in [-0.15, -0.1) is 0 Å². The molecule has 2 saturated carbocycles. The number of rotatable bonds is 5. The van der Waals surface area contributed by atoms with Crippen molar-refractivity contribution in [1.82, 2.24) is 15.1 Å². The van der Waals surface area contributed by atoms with Gasteiger partial charge in [0.2, 0.25) is 11.8 Å². The zero-order chi connectivity index (χ0) is 23.2. The molecule has 6 atom stereocenters. The highest BCUT2D eigenvalue weighted by Gasteiger charge is 2.55. The van der Waals surface area contributed by atoms with Crippen LogP contribution in [0.5, 0.6) is 0 Å². The van der Waals surface area contributed by atoms with Gasteiger partial charge < -0.3 is 19.9 Å². The van der Waals surface area contributed by atoms with Gasteiger partial charge in [0, 0.05) is 37.7 Å². The van der Waals surface area contributed by atoms with Crippen molar-refractivity contribution in [3.8, 4) is 0 Å². The van der Waals surface area contributed by atoms with E-state index in [0.29, 0.717) is 32.0 Å². The molecule has 3 aliphatic heterocycles. The number of nitrogens with zero attached hydrogens (tertiary/aromatic N) is 2. The van der Waals surface area contributed by atoms with Crippen LogP contribution >= 0.6 is 0 Å². The summed E-state index contributed by atoms with van der Waals surface area (Å²) in [6.07, 6.45) is 8.90. The SMILES string of the molecule is CC(C)[C@]1(C(=O)N2C[C@@H]3C[C@H]2CN3C(=O)C2CCCCC2)CC[C@@H](NC2CCOCC2F)C1. The second-order valence-electron chi connectivity index (χ2n) is 11.7. The standard InChI is InChI=1S/C26H42FN3O3/c1-17(2)26(10-8-19(13-26)28-23-9-11-33-16-22(23)27)25(32)30-15-20-12-21(30)14-29(20)24(31)18-6-4-3-5-7-18/h17-23,28H,3-16H2,1-2H3/t19-,20+,21+,22?,23?,26+/m1/s1. The molecule has 0 aromatic carbocycles. The summed E-state index contributed by atoms with van der Waals surface area (Å²) >= 11 is 0. The summed E-state index contributed by atoms with van der Waals surface area (Å²) in [6.45, 7) is 6.52. The Bertz CT molecular complexity index is 742. The summed E-state index contributed by atoms with van der Waals surface area (Å²) < 4.78 is 19.6. The van der Waals surface area contributed by atoms with Gasteiger partial charge in [-0.3, -0.25) is 9.59 Å². The molecule has 3 saturated heterocycles. The molecule has 0 aromatic heterocycles. The van der Waals surface area contributed by atoms with Crippen LogP contribution in [0.3, 0.4) is 0 Å². The Morgan fingerprint density at radius 2 is 1.76 bits per heavy atom. The summed E-state index contributed by atoms with van der Waals surface area (Å²) in [4.78, 5) is 31.3. The fourth-order valence-electron chi connectivity index (χ4n) is 7.43. The molecule has 5 fully saturated rings. The van der Waals surface area contributed by atoms with E-state index in [0.717, 1.165) is 38.5 Å². The van der Waals surface area contributed by atoms with Crippen molar-refractivity contribution >= 4 is 11.8 Å². The smallest absolute Gasteiger partial charge is 0.229 e. The van der Waals surface area contributed by atoms with Gasteiger partial charge in [-0.2, -0.15) is 0 Å². The number of hydrogen-bond donors (Lipinski definition) is 1. The number of likely N-dealkylation sites (tertiary alicyclic amines) is 2. The second-order valence-corrected chi connectivity index (χ2v) is 11.7. The van der Waals surface area contributed by atoms with E-state index in [1.807, 2.05) is 0 Å². The Labute approximate surface area is 198 Å². The topological polar surface area (TPSA) is 61.9 Å². The lowest BCUT2D eigenvalue weighted by Gasteiger charge is -2.42. The Kier molecular flexibility index (Phi) is 6.73. The molecule has 2 amide bonds. The number of carbonyl (C=O) groups excluding carboxylic acids is 2. The van der Waals surface area contributed by atoms with Crippen molar-refractivity contribution in [2.45, 2.75) is 108 Å². The van der Waals surface area contributed by atoms with Crippen molar-refractivity contribution in [1.29, 1.82) is 0 Å². The summed E-state index contributed by atoms with van der Waals surface area (Å²) in [5, 5.41) is 3.54. The van der Waals surface area contributed by atoms with E-state index in [9.17, 15) is 14.0 Å². The summed E-state index contributed by atoms with van der Waals surface area (Å²) in [5.41, 5.74) is -0.378. The van der Waals surface area contributed by atoms with Gasteiger partial charge in [-0.05, 0) is 50.9 Å². The van der Waals surface area contributed by atoms with Crippen LogP contribution in [0.2, 0.25) is 0 Å². The first-order chi connectivity index (χ1) is 15.9. The van der Waals surface area contributed by atoms with Crippen LogP contribution in [-0.4, -0.2) is 78.3 Å². The third-order valence-electron chi connectivity index (χ3n) is 9.56. The van der Waals surface area contributed by atoms with Crippen molar-refractivity contribution < 1.29 is 18.7 Å². The number of piperazine rings is 1. The minimum Gasteiger partial charge on any atom is -0.378 e. The molecule has 2 unspecified atom stereocenters. The monoisotopic (exact) mass is 463 g/mol. The summed E-state index contributed by atoms with van der Waals surface area (Å²) in [6, 6.07) is 0.386. The lowest BCUT2D eigenvalue weighted by atomic mass is 9.74. The maximum absolute atomic E-state index is 14.3. The maximum Gasteiger partial charge on any atom is 0.229 e. The summed E-state index contributed by atoms with van der Waals surface area (Å²) in [7, 11) is 0. The number of fused-ring (bicyclic) bond motifs is 2. The lowest BCUT2D eigenvalue weighted by Crippen LogP contribution is -2.56. The van der Waals surface area contributed by atoms with E-state index in [1.54, 1.807) is 0 Å². The zero-order valence-electron chi connectivity index (χ0n) is 20.4. The van der Waals surface area contributed by atoms with Gasteiger partial charge in [0.1, 0.15) is 6.17 Å². The highest BCUT2D eigenvalue weighted by Crippen LogP contribution is 2.48. The van der Waals surface area contributed by atoms with E-state index in [1.165, 1.54) is 19.3 Å². The van der Waals surface area contributed by atoms with Crippen molar-refractivity contribution in [3.63, 3.8) is 0 Å². The quantitative estimate of drug-likeness (QED) is 0.680. The van der Waals surface area contributed by atoms with Crippen molar-refractivity contribution in [2.75, 3.05) is 26.3 Å². The van der Waals surface area contributed by atoms with Gasteiger partial charge in [0.05, 0.1) is 24.1 Å². The predicted molar refractivity (Wildman–Crippen MR) is 124 cm³/mol. The molecular formula is C26H42FN3O3. The average Bonchev–Trinajstić information content (AvgIpc) is 3.55. The second kappa shape index (κ2) is 9.44. The molecule has 3 heterocycles. The molecule has 6 nitrogen and oxygen atoms in total. The van der Waals surface area contributed by atoms with Gasteiger partial charge in [-0.25, -0.2) is 4.39 Å².